The van der Waals surface area contributed by atoms with Gasteiger partial charge in [-0.3, -0.25) is 9.00 Å². The van der Waals surface area contributed by atoms with E-state index in [1.165, 1.54) is 0 Å². The minimum Gasteiger partial charge on any atom is -0.367 e. The number of nitrogens with one attached hydrogen (secondary N) is 1. The number of carbonyl (C=O) groups excluding carboxylic acids is 1. The van der Waals surface area contributed by atoms with E-state index in [4.69, 9.17) is 0 Å². The second-order valence-electron chi connectivity index (χ2n) is 6.03. The first-order valence-corrected chi connectivity index (χ1v) is 9.85. The van der Waals surface area contributed by atoms with Crippen LogP contribution in [0.3, 0.4) is 0 Å². The molecule has 0 aliphatic heterocycles. The highest BCUT2D eigenvalue weighted by Gasteiger charge is 2.27. The van der Waals surface area contributed by atoms with E-state index in [9.17, 15) is 22.2 Å². The third-order valence-electron chi connectivity index (χ3n) is 3.57. The molecule has 0 fully saturated rings. The van der Waals surface area contributed by atoms with Gasteiger partial charge in [0.15, 0.2) is 0 Å². The fourth-order valence-electron chi connectivity index (χ4n) is 2.36. The summed E-state index contributed by atoms with van der Waals surface area (Å²) < 4.78 is 52.0. The molecule has 0 aromatic heterocycles. The number of benzene rings is 2. The number of halogens is 3. The Morgan fingerprint density at radius 3 is 2.37 bits per heavy atom. The Balaban J connectivity index is 1.85. The van der Waals surface area contributed by atoms with Crippen LogP contribution < -0.4 is 5.32 Å². The maximum atomic E-state index is 12.2. The molecule has 0 spiro atoms. The Hall–Kier alpha value is -2.19. The molecule has 0 saturated carbocycles. The van der Waals surface area contributed by atoms with E-state index in [2.05, 4.69) is 10.1 Å². The standard InChI is InChI=1S/C19H20F3NO3S/c1-27(25)12-16-3-2-4-17(9-16)18(24)23-10-14-5-7-15(8-6-14)11-26-13-19(20,21)22/h2-9H,10-13H2,1H3,(H,23,24). The first-order valence-electron chi connectivity index (χ1n) is 8.12. The highest BCUT2D eigenvalue weighted by atomic mass is 32.2. The Morgan fingerprint density at radius 1 is 1.07 bits per heavy atom. The normalized spacial score (nSPS) is 12.6. The number of alkyl halides is 3. The lowest BCUT2D eigenvalue weighted by Gasteiger charge is -2.09. The summed E-state index contributed by atoms with van der Waals surface area (Å²) in [5, 5.41) is 2.78. The van der Waals surface area contributed by atoms with Crippen LogP contribution in [0.4, 0.5) is 13.2 Å². The summed E-state index contributed by atoms with van der Waals surface area (Å²) in [6, 6.07) is 13.7. The summed E-state index contributed by atoms with van der Waals surface area (Å²) in [6.07, 6.45) is -2.74. The zero-order valence-corrected chi connectivity index (χ0v) is 15.5. The highest BCUT2D eigenvalue weighted by Crippen LogP contribution is 2.16. The zero-order chi connectivity index (χ0) is 19.9. The van der Waals surface area contributed by atoms with Gasteiger partial charge in [0, 0.05) is 34.9 Å². The molecule has 1 amide bonds. The van der Waals surface area contributed by atoms with E-state index in [1.807, 2.05) is 6.07 Å². The molecule has 1 N–H and O–H groups in total. The van der Waals surface area contributed by atoms with Crippen molar-refractivity contribution in [2.45, 2.75) is 25.1 Å². The topological polar surface area (TPSA) is 55.4 Å². The fraction of sp³-hybridized carbons (Fsp3) is 0.316. The summed E-state index contributed by atoms with van der Waals surface area (Å²) in [7, 11) is -0.986. The molecular weight excluding hydrogens is 379 g/mol. The first-order chi connectivity index (χ1) is 12.7. The molecule has 4 nitrogen and oxygen atoms in total. The summed E-state index contributed by atoms with van der Waals surface area (Å²) >= 11 is 0. The lowest BCUT2D eigenvalue weighted by atomic mass is 10.1. The predicted molar refractivity (Wildman–Crippen MR) is 97.5 cm³/mol. The van der Waals surface area contributed by atoms with E-state index in [-0.39, 0.29) is 19.1 Å². The van der Waals surface area contributed by atoms with Gasteiger partial charge in [0.2, 0.25) is 0 Å². The molecule has 2 aromatic rings. The number of rotatable bonds is 8. The van der Waals surface area contributed by atoms with Gasteiger partial charge < -0.3 is 10.1 Å². The molecule has 146 valence electrons. The molecule has 0 bridgehead atoms. The Kier molecular flexibility index (Phi) is 7.55. The van der Waals surface area contributed by atoms with E-state index in [0.717, 1.165) is 11.1 Å². The van der Waals surface area contributed by atoms with Crippen molar-refractivity contribution in [1.29, 1.82) is 0 Å². The molecule has 0 saturated heterocycles. The molecule has 1 atom stereocenters. The number of carbonyl (C=O) groups is 1. The highest BCUT2D eigenvalue weighted by molar-refractivity contribution is 7.83. The van der Waals surface area contributed by atoms with Crippen molar-refractivity contribution in [3.05, 3.63) is 70.8 Å². The van der Waals surface area contributed by atoms with Crippen LogP contribution in [0.1, 0.15) is 27.0 Å². The maximum absolute atomic E-state index is 12.2. The van der Waals surface area contributed by atoms with Crippen molar-refractivity contribution in [3.63, 3.8) is 0 Å². The van der Waals surface area contributed by atoms with Crippen LogP contribution in [0.2, 0.25) is 0 Å². The summed E-state index contributed by atoms with van der Waals surface area (Å²) in [6.45, 7) is -1.13. The molecule has 0 heterocycles. The Bertz CT molecular complexity index is 792. The average molecular weight is 399 g/mol. The molecule has 27 heavy (non-hydrogen) atoms. The van der Waals surface area contributed by atoms with Gasteiger partial charge in [-0.05, 0) is 28.8 Å². The van der Waals surface area contributed by atoms with Crippen LogP contribution >= 0.6 is 0 Å². The first kappa shape index (κ1) is 21.1. The molecule has 0 radical (unpaired) electrons. The minimum atomic E-state index is -4.34. The monoisotopic (exact) mass is 399 g/mol. The van der Waals surface area contributed by atoms with E-state index < -0.39 is 23.6 Å². The average Bonchev–Trinajstić information content (AvgIpc) is 2.59. The minimum absolute atomic E-state index is 0.127. The van der Waals surface area contributed by atoms with E-state index in [0.29, 0.717) is 16.9 Å². The quantitative estimate of drug-likeness (QED) is 0.738. The van der Waals surface area contributed by atoms with Crippen LogP contribution in [-0.2, 0) is 34.4 Å². The van der Waals surface area contributed by atoms with Gasteiger partial charge in [0.25, 0.3) is 5.91 Å². The zero-order valence-electron chi connectivity index (χ0n) is 14.7. The molecule has 2 aromatic carbocycles. The molecule has 0 aliphatic rings. The number of hydrogen-bond acceptors (Lipinski definition) is 3. The number of hydrogen-bond donors (Lipinski definition) is 1. The SMILES string of the molecule is CS(=O)Cc1cccc(C(=O)NCc2ccc(COCC(F)(F)F)cc2)c1. The van der Waals surface area contributed by atoms with Crippen molar-refractivity contribution in [1.82, 2.24) is 5.32 Å². The lowest BCUT2D eigenvalue weighted by molar-refractivity contribution is -0.176. The van der Waals surface area contributed by atoms with E-state index >= 15 is 0 Å². The summed E-state index contributed by atoms with van der Waals surface area (Å²) in [5.74, 6) is 0.134. The number of ether oxygens (including phenoxy) is 1. The molecule has 1 unspecified atom stereocenters. The largest absolute Gasteiger partial charge is 0.411 e. The third kappa shape index (κ3) is 7.92. The van der Waals surface area contributed by atoms with Gasteiger partial charge in [-0.1, -0.05) is 36.4 Å². The van der Waals surface area contributed by atoms with Gasteiger partial charge in [-0.25, -0.2) is 0 Å². The molecule has 8 heteroatoms. The van der Waals surface area contributed by atoms with Crippen molar-refractivity contribution >= 4 is 16.7 Å². The Morgan fingerprint density at radius 2 is 1.74 bits per heavy atom. The fourth-order valence-corrected chi connectivity index (χ4v) is 3.01. The molecule has 0 aliphatic carbocycles. The van der Waals surface area contributed by atoms with Crippen LogP contribution in [-0.4, -0.2) is 29.2 Å². The predicted octanol–water partition coefficient (Wildman–Crippen LogP) is 3.57. The summed E-state index contributed by atoms with van der Waals surface area (Å²) in [5.41, 5.74) is 2.74. The van der Waals surface area contributed by atoms with E-state index in [1.54, 1.807) is 48.7 Å². The van der Waals surface area contributed by atoms with Crippen molar-refractivity contribution in [3.8, 4) is 0 Å². The van der Waals surface area contributed by atoms with Gasteiger partial charge >= 0.3 is 6.18 Å². The molecule has 2 rings (SSSR count). The number of amides is 1. The van der Waals surface area contributed by atoms with Crippen molar-refractivity contribution < 1.29 is 26.9 Å². The second kappa shape index (κ2) is 9.66. The van der Waals surface area contributed by atoms with Gasteiger partial charge in [-0.2, -0.15) is 13.2 Å². The van der Waals surface area contributed by atoms with Gasteiger partial charge in [-0.15, -0.1) is 0 Å². The van der Waals surface area contributed by atoms with Crippen LogP contribution in [0.15, 0.2) is 48.5 Å². The van der Waals surface area contributed by atoms with Gasteiger partial charge in [0.1, 0.15) is 6.61 Å². The molecular formula is C19H20F3NO3S. The van der Waals surface area contributed by atoms with Crippen molar-refractivity contribution in [2.75, 3.05) is 12.9 Å². The van der Waals surface area contributed by atoms with Crippen LogP contribution in [0.5, 0.6) is 0 Å². The van der Waals surface area contributed by atoms with Crippen LogP contribution in [0.25, 0.3) is 0 Å². The van der Waals surface area contributed by atoms with Gasteiger partial charge in [0.05, 0.1) is 6.61 Å². The lowest BCUT2D eigenvalue weighted by Crippen LogP contribution is -2.22. The smallest absolute Gasteiger partial charge is 0.367 e. The maximum Gasteiger partial charge on any atom is 0.411 e. The third-order valence-corrected chi connectivity index (χ3v) is 4.31. The van der Waals surface area contributed by atoms with Crippen LogP contribution in [0, 0.1) is 0 Å². The van der Waals surface area contributed by atoms with Crippen molar-refractivity contribution in [2.24, 2.45) is 0 Å². The second-order valence-corrected chi connectivity index (χ2v) is 7.46. The summed E-state index contributed by atoms with van der Waals surface area (Å²) in [4.78, 5) is 12.2. The Labute approximate surface area is 158 Å².